The van der Waals surface area contributed by atoms with Gasteiger partial charge in [-0.25, -0.2) is 4.39 Å². The number of benzene rings is 1. The van der Waals surface area contributed by atoms with E-state index in [1.165, 1.54) is 12.3 Å². The van der Waals surface area contributed by atoms with Crippen LogP contribution in [0.3, 0.4) is 0 Å². The van der Waals surface area contributed by atoms with Crippen LogP contribution in [0.15, 0.2) is 41.0 Å². The van der Waals surface area contributed by atoms with Crippen LogP contribution >= 0.6 is 0 Å². The van der Waals surface area contributed by atoms with Crippen LogP contribution in [-0.2, 0) is 0 Å². The largest absolute Gasteiger partial charge is 0.467 e. The smallest absolute Gasteiger partial charge is 0.272 e. The first-order chi connectivity index (χ1) is 9.99. The van der Waals surface area contributed by atoms with E-state index in [1.54, 1.807) is 6.07 Å². The predicted octanol–water partition coefficient (Wildman–Crippen LogP) is 1.79. The Hall–Kier alpha value is -2.74. The molecule has 7 nitrogen and oxygen atoms in total. The summed E-state index contributed by atoms with van der Waals surface area (Å²) in [6.07, 6.45) is 0.307. The maximum atomic E-state index is 13.6. The molecule has 2 rings (SSSR count). The average Bonchev–Trinajstić information content (AvgIpc) is 2.98. The molecule has 110 valence electrons. The molecule has 0 saturated carbocycles. The van der Waals surface area contributed by atoms with Crippen molar-refractivity contribution in [2.24, 2.45) is 0 Å². The number of carbonyl (C=O) groups is 1. The number of nitrogens with zero attached hydrogens (tertiary/aromatic N) is 1. The highest BCUT2D eigenvalue weighted by Crippen LogP contribution is 2.17. The first kappa shape index (κ1) is 14.7. The first-order valence-corrected chi connectivity index (χ1v) is 5.92. The lowest BCUT2D eigenvalue weighted by atomic mass is 10.1. The van der Waals surface area contributed by atoms with Crippen LogP contribution in [-0.4, -0.2) is 22.5 Å². The minimum atomic E-state index is -1.06. The molecule has 21 heavy (non-hydrogen) atoms. The number of aliphatic hydroxyl groups is 1. The normalized spacial score (nSPS) is 11.9. The number of amides is 1. The number of non-ortho nitro benzene ring substituents is 1. The fraction of sp³-hybridized carbons (Fsp3) is 0.154. The van der Waals surface area contributed by atoms with Crippen LogP contribution in [0, 0.1) is 15.9 Å². The predicted molar refractivity (Wildman–Crippen MR) is 69.1 cm³/mol. The van der Waals surface area contributed by atoms with E-state index >= 15 is 0 Å². The molecular formula is C13H11FN2O5. The molecule has 0 aliphatic carbocycles. The SMILES string of the molecule is O=C(NCC(O)c1ccco1)c1ccc([N+](=O)[O-])cc1F. The molecule has 8 heteroatoms. The van der Waals surface area contributed by atoms with Gasteiger partial charge in [0.15, 0.2) is 0 Å². The Kier molecular flexibility index (Phi) is 4.29. The van der Waals surface area contributed by atoms with Gasteiger partial charge < -0.3 is 14.8 Å². The van der Waals surface area contributed by atoms with Crippen molar-refractivity contribution in [2.75, 3.05) is 6.54 Å². The molecule has 1 atom stereocenters. The van der Waals surface area contributed by atoms with Crippen molar-refractivity contribution < 1.29 is 23.6 Å². The van der Waals surface area contributed by atoms with E-state index in [0.29, 0.717) is 6.07 Å². The summed E-state index contributed by atoms with van der Waals surface area (Å²) in [6.45, 7) is -0.178. The van der Waals surface area contributed by atoms with Gasteiger partial charge in [-0.2, -0.15) is 0 Å². The summed E-state index contributed by atoms with van der Waals surface area (Å²) in [6, 6.07) is 5.82. The molecular weight excluding hydrogens is 283 g/mol. The number of rotatable bonds is 5. The second kappa shape index (κ2) is 6.14. The number of hydrogen-bond donors (Lipinski definition) is 2. The molecule has 1 heterocycles. The standard InChI is InChI=1S/C13H11FN2O5/c14-10-6-8(16(19)20)3-4-9(10)13(18)15-7-11(17)12-2-1-5-21-12/h1-6,11,17H,7H2,(H,15,18). The number of aliphatic hydroxyl groups excluding tert-OH is 1. The minimum Gasteiger partial charge on any atom is -0.467 e. The Morgan fingerprint density at radius 3 is 2.81 bits per heavy atom. The van der Waals surface area contributed by atoms with E-state index in [0.717, 1.165) is 12.1 Å². The van der Waals surface area contributed by atoms with Crippen molar-refractivity contribution in [3.8, 4) is 0 Å². The summed E-state index contributed by atoms with van der Waals surface area (Å²) in [5, 5.41) is 22.5. The summed E-state index contributed by atoms with van der Waals surface area (Å²) in [7, 11) is 0. The van der Waals surface area contributed by atoms with Gasteiger partial charge >= 0.3 is 0 Å². The Labute approximate surface area is 118 Å². The molecule has 1 aromatic heterocycles. The Morgan fingerprint density at radius 1 is 1.48 bits per heavy atom. The fourth-order valence-electron chi connectivity index (χ4n) is 1.67. The molecule has 1 aromatic carbocycles. The molecule has 1 unspecified atom stereocenters. The molecule has 2 N–H and O–H groups in total. The minimum absolute atomic E-state index is 0.178. The zero-order valence-corrected chi connectivity index (χ0v) is 10.7. The van der Waals surface area contributed by atoms with Gasteiger partial charge in [-0.3, -0.25) is 14.9 Å². The van der Waals surface area contributed by atoms with Crippen molar-refractivity contribution in [3.63, 3.8) is 0 Å². The van der Waals surface area contributed by atoms with Crippen molar-refractivity contribution in [2.45, 2.75) is 6.10 Å². The van der Waals surface area contributed by atoms with Gasteiger partial charge in [0.1, 0.15) is 17.7 Å². The summed E-state index contributed by atoms with van der Waals surface area (Å²) in [5.41, 5.74) is -0.785. The fourth-order valence-corrected chi connectivity index (χ4v) is 1.67. The van der Waals surface area contributed by atoms with Crippen molar-refractivity contribution in [1.29, 1.82) is 0 Å². The molecule has 0 saturated heterocycles. The molecule has 0 aliphatic heterocycles. The van der Waals surface area contributed by atoms with E-state index in [9.17, 15) is 24.4 Å². The molecule has 2 aromatic rings. The van der Waals surface area contributed by atoms with Gasteiger partial charge in [0.2, 0.25) is 0 Å². The number of hydrogen-bond acceptors (Lipinski definition) is 5. The highest BCUT2D eigenvalue weighted by Gasteiger charge is 2.18. The third-order valence-corrected chi connectivity index (χ3v) is 2.74. The van der Waals surface area contributed by atoms with Crippen LogP contribution in [0.4, 0.5) is 10.1 Å². The second-order valence-corrected chi connectivity index (χ2v) is 4.16. The summed E-state index contributed by atoms with van der Waals surface area (Å²) in [5.74, 6) is -1.53. The molecule has 0 radical (unpaired) electrons. The summed E-state index contributed by atoms with van der Waals surface area (Å²) in [4.78, 5) is 21.5. The Balaban J connectivity index is 2.02. The zero-order chi connectivity index (χ0) is 15.4. The topological polar surface area (TPSA) is 106 Å². The quantitative estimate of drug-likeness (QED) is 0.646. The van der Waals surface area contributed by atoms with Gasteiger partial charge in [0, 0.05) is 6.07 Å². The van der Waals surface area contributed by atoms with Gasteiger partial charge in [-0.1, -0.05) is 0 Å². The highest BCUT2D eigenvalue weighted by molar-refractivity contribution is 5.94. The maximum Gasteiger partial charge on any atom is 0.272 e. The molecule has 0 bridgehead atoms. The number of nitrogens with one attached hydrogen (secondary N) is 1. The van der Waals surface area contributed by atoms with E-state index in [-0.39, 0.29) is 17.9 Å². The number of nitro benzene ring substituents is 1. The van der Waals surface area contributed by atoms with Crippen molar-refractivity contribution in [1.82, 2.24) is 5.32 Å². The third-order valence-electron chi connectivity index (χ3n) is 2.74. The lowest BCUT2D eigenvalue weighted by Gasteiger charge is -2.10. The van der Waals surface area contributed by atoms with Crippen molar-refractivity contribution >= 4 is 11.6 Å². The first-order valence-electron chi connectivity index (χ1n) is 5.92. The van der Waals surface area contributed by atoms with Gasteiger partial charge in [0.25, 0.3) is 11.6 Å². The van der Waals surface area contributed by atoms with Crippen LogP contribution in [0.5, 0.6) is 0 Å². The number of halogens is 1. The van der Waals surface area contributed by atoms with Gasteiger partial charge in [-0.15, -0.1) is 0 Å². The number of nitro groups is 1. The Morgan fingerprint density at radius 2 is 2.24 bits per heavy atom. The molecule has 0 spiro atoms. The number of carbonyl (C=O) groups excluding carboxylic acids is 1. The zero-order valence-electron chi connectivity index (χ0n) is 10.7. The average molecular weight is 294 g/mol. The van der Waals surface area contributed by atoms with E-state index < -0.39 is 28.4 Å². The van der Waals surface area contributed by atoms with E-state index in [4.69, 9.17) is 4.42 Å². The van der Waals surface area contributed by atoms with Crippen LogP contribution in [0.2, 0.25) is 0 Å². The second-order valence-electron chi connectivity index (χ2n) is 4.16. The summed E-state index contributed by atoms with van der Waals surface area (Å²) >= 11 is 0. The highest BCUT2D eigenvalue weighted by atomic mass is 19.1. The maximum absolute atomic E-state index is 13.6. The molecule has 0 fully saturated rings. The monoisotopic (exact) mass is 294 g/mol. The van der Waals surface area contributed by atoms with Crippen LogP contribution in [0.1, 0.15) is 22.2 Å². The molecule has 1 amide bonds. The van der Waals surface area contributed by atoms with Gasteiger partial charge in [-0.05, 0) is 18.2 Å². The third kappa shape index (κ3) is 3.42. The Bertz CT molecular complexity index is 657. The van der Waals surface area contributed by atoms with Crippen LogP contribution < -0.4 is 5.32 Å². The van der Waals surface area contributed by atoms with Crippen LogP contribution in [0.25, 0.3) is 0 Å². The summed E-state index contributed by atoms with van der Waals surface area (Å²) < 4.78 is 18.6. The van der Waals surface area contributed by atoms with E-state index in [2.05, 4.69) is 5.32 Å². The lowest BCUT2D eigenvalue weighted by Crippen LogP contribution is -2.29. The molecule has 0 aliphatic rings. The van der Waals surface area contributed by atoms with Gasteiger partial charge in [0.05, 0.1) is 29.4 Å². The number of furan rings is 1. The lowest BCUT2D eigenvalue weighted by molar-refractivity contribution is -0.385. The van der Waals surface area contributed by atoms with E-state index in [1.807, 2.05) is 0 Å². The van der Waals surface area contributed by atoms with Crippen molar-refractivity contribution in [3.05, 3.63) is 63.9 Å².